The van der Waals surface area contributed by atoms with E-state index in [0.29, 0.717) is 5.92 Å². The van der Waals surface area contributed by atoms with E-state index in [9.17, 15) is 4.79 Å². The summed E-state index contributed by atoms with van der Waals surface area (Å²) in [6.07, 6.45) is 0. The first-order valence-corrected chi connectivity index (χ1v) is 7.46. The largest absolute Gasteiger partial charge is 0.342 e. The van der Waals surface area contributed by atoms with Gasteiger partial charge in [-0.2, -0.15) is 0 Å². The van der Waals surface area contributed by atoms with E-state index in [0.717, 1.165) is 34.8 Å². The molecular weight excluding hydrogens is 270 g/mol. The maximum Gasteiger partial charge on any atom is 0.263 e. The van der Waals surface area contributed by atoms with Gasteiger partial charge in [-0.1, -0.05) is 18.2 Å². The van der Waals surface area contributed by atoms with Crippen LogP contribution in [0.4, 0.5) is 0 Å². The molecule has 1 aliphatic rings. The number of carbonyl (C=O) groups is 1. The lowest BCUT2D eigenvalue weighted by atomic mass is 9.99. The fraction of sp³-hybridized carbons (Fsp3) is 0.200. The number of thiophene rings is 1. The van der Waals surface area contributed by atoms with Crippen molar-refractivity contribution in [3.63, 3.8) is 0 Å². The minimum atomic E-state index is 0.132. The molecule has 4 rings (SSSR count). The number of aromatic nitrogens is 2. The molecule has 5 heteroatoms. The molecule has 3 aromatic rings. The highest BCUT2D eigenvalue weighted by molar-refractivity contribution is 7.12. The van der Waals surface area contributed by atoms with Crippen molar-refractivity contribution in [3.8, 4) is 0 Å². The van der Waals surface area contributed by atoms with Crippen LogP contribution < -0.4 is 0 Å². The van der Waals surface area contributed by atoms with Gasteiger partial charge in [0.05, 0.1) is 21.8 Å². The quantitative estimate of drug-likeness (QED) is 0.786. The molecular formula is C15H13N3OS. The maximum atomic E-state index is 12.1. The fourth-order valence-corrected chi connectivity index (χ4v) is 3.23. The Bertz CT molecular complexity index is 723. The lowest BCUT2D eigenvalue weighted by Crippen LogP contribution is -2.48. The molecule has 0 bridgehead atoms. The van der Waals surface area contributed by atoms with E-state index in [1.165, 1.54) is 11.3 Å². The van der Waals surface area contributed by atoms with Gasteiger partial charge in [0, 0.05) is 13.1 Å². The van der Waals surface area contributed by atoms with Gasteiger partial charge in [0.15, 0.2) is 0 Å². The molecule has 1 amide bonds. The number of rotatable bonds is 2. The topological polar surface area (TPSA) is 49.0 Å². The van der Waals surface area contributed by atoms with Gasteiger partial charge in [-0.3, -0.25) is 4.79 Å². The van der Waals surface area contributed by atoms with Crippen molar-refractivity contribution in [3.05, 3.63) is 52.5 Å². The summed E-state index contributed by atoms with van der Waals surface area (Å²) in [5.41, 5.74) is 2.05. The number of imidazole rings is 1. The number of carbonyl (C=O) groups excluding carboxylic acids is 1. The summed E-state index contributed by atoms with van der Waals surface area (Å²) >= 11 is 1.49. The number of nitrogens with zero attached hydrogens (tertiary/aromatic N) is 2. The molecule has 0 atom stereocenters. The zero-order valence-corrected chi connectivity index (χ0v) is 11.6. The van der Waals surface area contributed by atoms with Gasteiger partial charge in [0.2, 0.25) is 0 Å². The third kappa shape index (κ3) is 1.82. The second kappa shape index (κ2) is 4.45. The Labute approximate surface area is 120 Å². The van der Waals surface area contributed by atoms with Crippen LogP contribution in [-0.2, 0) is 0 Å². The summed E-state index contributed by atoms with van der Waals surface area (Å²) in [7, 11) is 0. The average Bonchev–Trinajstić information content (AvgIpc) is 3.06. The van der Waals surface area contributed by atoms with Crippen LogP contribution >= 0.6 is 11.3 Å². The van der Waals surface area contributed by atoms with E-state index in [-0.39, 0.29) is 5.91 Å². The molecule has 1 N–H and O–H groups in total. The molecule has 20 heavy (non-hydrogen) atoms. The average molecular weight is 283 g/mol. The van der Waals surface area contributed by atoms with Gasteiger partial charge >= 0.3 is 0 Å². The predicted octanol–water partition coefficient (Wildman–Crippen LogP) is 2.86. The second-order valence-corrected chi connectivity index (χ2v) is 5.97. The summed E-state index contributed by atoms with van der Waals surface area (Å²) in [5, 5.41) is 1.93. The van der Waals surface area contributed by atoms with Crippen LogP contribution in [0.2, 0.25) is 0 Å². The fourth-order valence-electron chi connectivity index (χ4n) is 2.54. The summed E-state index contributed by atoms with van der Waals surface area (Å²) in [4.78, 5) is 22.8. The lowest BCUT2D eigenvalue weighted by Gasteiger charge is -2.37. The molecule has 2 aromatic heterocycles. The van der Waals surface area contributed by atoms with E-state index in [1.807, 2.05) is 46.7 Å². The Hall–Kier alpha value is -2.14. The highest BCUT2D eigenvalue weighted by atomic mass is 32.1. The van der Waals surface area contributed by atoms with Crippen LogP contribution in [0.25, 0.3) is 11.0 Å². The van der Waals surface area contributed by atoms with Gasteiger partial charge in [0.1, 0.15) is 5.82 Å². The molecule has 4 nitrogen and oxygen atoms in total. The van der Waals surface area contributed by atoms with Crippen LogP contribution in [-0.4, -0.2) is 33.9 Å². The SMILES string of the molecule is O=C(c1cccs1)N1CC(c2nc3ccccc3[nH]2)C1. The zero-order chi connectivity index (χ0) is 13.5. The van der Waals surface area contributed by atoms with Crippen LogP contribution in [0.1, 0.15) is 21.4 Å². The van der Waals surface area contributed by atoms with Crippen molar-refractivity contribution in [1.82, 2.24) is 14.9 Å². The van der Waals surface area contributed by atoms with Crippen LogP contribution in [0.3, 0.4) is 0 Å². The van der Waals surface area contributed by atoms with E-state index >= 15 is 0 Å². The standard InChI is InChI=1S/C15H13N3OS/c19-15(13-6-3-7-20-13)18-8-10(9-18)14-16-11-4-1-2-5-12(11)17-14/h1-7,10H,8-9H2,(H,16,17). The molecule has 0 spiro atoms. The molecule has 100 valence electrons. The summed E-state index contributed by atoms with van der Waals surface area (Å²) in [6.45, 7) is 1.49. The van der Waals surface area contributed by atoms with Gasteiger partial charge < -0.3 is 9.88 Å². The maximum absolute atomic E-state index is 12.1. The van der Waals surface area contributed by atoms with E-state index < -0.39 is 0 Å². The lowest BCUT2D eigenvalue weighted by molar-refractivity contribution is 0.0601. The Morgan fingerprint density at radius 2 is 2.10 bits per heavy atom. The Morgan fingerprint density at radius 1 is 1.25 bits per heavy atom. The Morgan fingerprint density at radius 3 is 2.85 bits per heavy atom. The van der Waals surface area contributed by atoms with Crippen molar-refractivity contribution >= 4 is 28.3 Å². The minimum Gasteiger partial charge on any atom is -0.342 e. The second-order valence-electron chi connectivity index (χ2n) is 5.02. The van der Waals surface area contributed by atoms with Gasteiger partial charge in [0.25, 0.3) is 5.91 Å². The molecule has 0 aliphatic carbocycles. The van der Waals surface area contributed by atoms with Crippen molar-refractivity contribution in [2.45, 2.75) is 5.92 Å². The number of likely N-dealkylation sites (tertiary alicyclic amines) is 1. The number of hydrogen-bond acceptors (Lipinski definition) is 3. The number of amides is 1. The van der Waals surface area contributed by atoms with Crippen molar-refractivity contribution in [2.75, 3.05) is 13.1 Å². The molecule has 1 aliphatic heterocycles. The minimum absolute atomic E-state index is 0.132. The first kappa shape index (κ1) is 11.7. The molecule has 0 unspecified atom stereocenters. The van der Waals surface area contributed by atoms with E-state index in [4.69, 9.17) is 0 Å². The van der Waals surface area contributed by atoms with Gasteiger partial charge in [-0.15, -0.1) is 11.3 Å². The van der Waals surface area contributed by atoms with Crippen molar-refractivity contribution in [1.29, 1.82) is 0 Å². The number of para-hydroxylation sites is 2. The van der Waals surface area contributed by atoms with E-state index in [1.54, 1.807) is 0 Å². The number of nitrogens with one attached hydrogen (secondary N) is 1. The third-order valence-corrected chi connectivity index (χ3v) is 4.55. The third-order valence-electron chi connectivity index (χ3n) is 3.70. The van der Waals surface area contributed by atoms with Crippen LogP contribution in [0.5, 0.6) is 0 Å². The molecule has 1 aromatic carbocycles. The van der Waals surface area contributed by atoms with Gasteiger partial charge in [-0.05, 0) is 23.6 Å². The van der Waals surface area contributed by atoms with Crippen LogP contribution in [0, 0.1) is 0 Å². The monoisotopic (exact) mass is 283 g/mol. The normalized spacial score (nSPS) is 15.5. The summed E-state index contributed by atoms with van der Waals surface area (Å²) < 4.78 is 0. The first-order chi connectivity index (χ1) is 9.81. The summed E-state index contributed by atoms with van der Waals surface area (Å²) in [5.74, 6) is 1.44. The molecule has 0 radical (unpaired) electrons. The summed E-state index contributed by atoms with van der Waals surface area (Å²) in [6, 6.07) is 11.8. The smallest absolute Gasteiger partial charge is 0.263 e. The highest BCUT2D eigenvalue weighted by Gasteiger charge is 2.34. The Balaban J connectivity index is 1.49. The Kier molecular flexibility index (Phi) is 2.60. The number of hydrogen-bond donors (Lipinski definition) is 1. The van der Waals surface area contributed by atoms with Crippen molar-refractivity contribution < 1.29 is 4.79 Å². The molecule has 0 saturated carbocycles. The predicted molar refractivity (Wildman–Crippen MR) is 79.1 cm³/mol. The number of fused-ring (bicyclic) bond motifs is 1. The number of aromatic amines is 1. The van der Waals surface area contributed by atoms with Gasteiger partial charge in [-0.25, -0.2) is 4.98 Å². The molecule has 1 saturated heterocycles. The molecule has 1 fully saturated rings. The van der Waals surface area contributed by atoms with E-state index in [2.05, 4.69) is 9.97 Å². The zero-order valence-electron chi connectivity index (χ0n) is 10.7. The number of benzene rings is 1. The number of H-pyrrole nitrogens is 1. The van der Waals surface area contributed by atoms with Crippen LogP contribution in [0.15, 0.2) is 41.8 Å². The first-order valence-electron chi connectivity index (χ1n) is 6.59. The van der Waals surface area contributed by atoms with Crippen molar-refractivity contribution in [2.24, 2.45) is 0 Å². The molecule has 3 heterocycles. The highest BCUT2D eigenvalue weighted by Crippen LogP contribution is 2.28.